The van der Waals surface area contributed by atoms with Gasteiger partial charge in [0.2, 0.25) is 0 Å². The van der Waals surface area contributed by atoms with Gasteiger partial charge >= 0.3 is 5.97 Å². The van der Waals surface area contributed by atoms with Gasteiger partial charge in [0, 0.05) is 5.39 Å². The van der Waals surface area contributed by atoms with E-state index in [1.807, 2.05) is 12.1 Å². The minimum absolute atomic E-state index is 0.213. The Morgan fingerprint density at radius 3 is 2.00 bits per heavy atom. The lowest BCUT2D eigenvalue weighted by Crippen LogP contribution is -2.32. The number of carbonyl (C=O) groups is 3. The van der Waals surface area contributed by atoms with Crippen molar-refractivity contribution >= 4 is 28.6 Å². The molecule has 128 valence electrons. The number of nitrogens with zero attached hydrogens (tertiary/aromatic N) is 1. The third kappa shape index (κ3) is 2.31. The number of rotatable bonds is 3. The second kappa shape index (κ2) is 6.00. The number of hydroxylamine groups is 2. The van der Waals surface area contributed by atoms with Gasteiger partial charge in [-0.1, -0.05) is 41.5 Å². The molecule has 26 heavy (non-hydrogen) atoms. The highest BCUT2D eigenvalue weighted by Gasteiger charge is 2.39. The summed E-state index contributed by atoms with van der Waals surface area (Å²) in [6.45, 7) is 0. The van der Waals surface area contributed by atoms with Gasteiger partial charge in [-0.2, -0.15) is 0 Å². The van der Waals surface area contributed by atoms with E-state index in [1.165, 1.54) is 12.1 Å². The van der Waals surface area contributed by atoms with Gasteiger partial charge in [0.15, 0.2) is 0 Å². The number of imide groups is 1. The van der Waals surface area contributed by atoms with E-state index < -0.39 is 17.8 Å². The minimum Gasteiger partial charge on any atom is -0.496 e. The number of fused-ring (bicyclic) bond motifs is 2. The molecule has 6 heteroatoms. The molecule has 2 amide bonds. The minimum atomic E-state index is -0.793. The molecule has 0 aliphatic carbocycles. The zero-order chi connectivity index (χ0) is 18.3. The van der Waals surface area contributed by atoms with E-state index in [1.54, 1.807) is 43.5 Å². The molecule has 1 heterocycles. The molecule has 1 aliphatic heterocycles. The van der Waals surface area contributed by atoms with Crippen LogP contribution >= 0.6 is 0 Å². The Bertz CT molecular complexity index is 1040. The zero-order valence-electron chi connectivity index (χ0n) is 13.8. The maximum Gasteiger partial charge on any atom is 0.364 e. The van der Waals surface area contributed by atoms with Gasteiger partial charge in [-0.25, -0.2) is 4.79 Å². The first-order valence-electron chi connectivity index (χ1n) is 7.87. The molecule has 0 saturated heterocycles. The Balaban J connectivity index is 1.69. The molecule has 0 radical (unpaired) electrons. The van der Waals surface area contributed by atoms with Crippen LogP contribution in [0.25, 0.3) is 10.8 Å². The molecule has 1 aliphatic rings. The maximum atomic E-state index is 12.6. The molecule has 0 aromatic heterocycles. The SMILES string of the molecule is COc1ccc(C(=O)ON2C(=O)c3ccccc3C2=O)c2ccccc12. The zero-order valence-corrected chi connectivity index (χ0v) is 13.8. The molecule has 0 N–H and O–H groups in total. The van der Waals surface area contributed by atoms with E-state index in [0.29, 0.717) is 16.2 Å². The molecule has 0 bridgehead atoms. The van der Waals surface area contributed by atoms with Crippen LogP contribution in [0.5, 0.6) is 5.75 Å². The maximum absolute atomic E-state index is 12.6. The summed E-state index contributed by atoms with van der Waals surface area (Å²) in [6.07, 6.45) is 0. The van der Waals surface area contributed by atoms with Crippen molar-refractivity contribution < 1.29 is 24.0 Å². The second-order valence-corrected chi connectivity index (χ2v) is 5.69. The van der Waals surface area contributed by atoms with Crippen molar-refractivity contribution in [1.29, 1.82) is 0 Å². The van der Waals surface area contributed by atoms with Crippen molar-refractivity contribution in [2.45, 2.75) is 0 Å². The van der Waals surface area contributed by atoms with Crippen molar-refractivity contribution in [2.24, 2.45) is 0 Å². The predicted octanol–water partition coefficient (Wildman–Crippen LogP) is 3.22. The Morgan fingerprint density at radius 2 is 1.38 bits per heavy atom. The van der Waals surface area contributed by atoms with Crippen molar-refractivity contribution in [2.75, 3.05) is 7.11 Å². The van der Waals surface area contributed by atoms with Gasteiger partial charge in [-0.05, 0) is 29.7 Å². The van der Waals surface area contributed by atoms with E-state index in [4.69, 9.17) is 9.57 Å². The lowest BCUT2D eigenvalue weighted by atomic mass is 10.0. The molecule has 0 spiro atoms. The largest absolute Gasteiger partial charge is 0.496 e. The third-order valence-electron chi connectivity index (χ3n) is 4.25. The number of hydrogen-bond donors (Lipinski definition) is 0. The van der Waals surface area contributed by atoms with Crippen LogP contribution in [-0.4, -0.2) is 30.0 Å². The van der Waals surface area contributed by atoms with E-state index in [9.17, 15) is 14.4 Å². The predicted molar refractivity (Wildman–Crippen MR) is 92.9 cm³/mol. The number of methoxy groups -OCH3 is 1. The first kappa shape index (κ1) is 15.8. The van der Waals surface area contributed by atoms with E-state index in [2.05, 4.69) is 0 Å². The van der Waals surface area contributed by atoms with Crippen molar-refractivity contribution in [1.82, 2.24) is 5.06 Å². The van der Waals surface area contributed by atoms with Gasteiger partial charge in [0.1, 0.15) is 5.75 Å². The molecule has 0 fully saturated rings. The molecule has 4 rings (SSSR count). The molecular formula is C20H13NO5. The highest BCUT2D eigenvalue weighted by atomic mass is 16.7. The normalized spacial score (nSPS) is 13.0. The summed E-state index contributed by atoms with van der Waals surface area (Å²) >= 11 is 0. The summed E-state index contributed by atoms with van der Waals surface area (Å²) < 4.78 is 5.30. The van der Waals surface area contributed by atoms with Crippen molar-refractivity contribution in [3.8, 4) is 5.75 Å². The van der Waals surface area contributed by atoms with Crippen LogP contribution < -0.4 is 4.74 Å². The van der Waals surface area contributed by atoms with Gasteiger partial charge < -0.3 is 9.57 Å². The summed E-state index contributed by atoms with van der Waals surface area (Å²) in [5.41, 5.74) is 0.660. The van der Waals surface area contributed by atoms with Crippen molar-refractivity contribution in [3.05, 3.63) is 77.4 Å². The van der Waals surface area contributed by atoms with Crippen LogP contribution in [0, 0.1) is 0 Å². The Labute approximate surface area is 148 Å². The summed E-state index contributed by atoms with van der Waals surface area (Å²) in [5.74, 6) is -1.50. The van der Waals surface area contributed by atoms with Crippen LogP contribution in [0.15, 0.2) is 60.7 Å². The van der Waals surface area contributed by atoms with Gasteiger partial charge in [0.05, 0.1) is 23.8 Å². The molecule has 3 aromatic carbocycles. The fourth-order valence-electron chi connectivity index (χ4n) is 3.01. The van der Waals surface area contributed by atoms with Gasteiger partial charge in [0.25, 0.3) is 11.8 Å². The molecule has 0 unspecified atom stereocenters. The van der Waals surface area contributed by atoms with Crippen LogP contribution in [0.2, 0.25) is 0 Å². The quantitative estimate of drug-likeness (QED) is 0.680. The Hall–Kier alpha value is -3.67. The van der Waals surface area contributed by atoms with Crippen molar-refractivity contribution in [3.63, 3.8) is 0 Å². The molecule has 3 aromatic rings. The molecule has 6 nitrogen and oxygen atoms in total. The average molecular weight is 347 g/mol. The smallest absolute Gasteiger partial charge is 0.364 e. The molecule has 0 atom stereocenters. The fraction of sp³-hybridized carbons (Fsp3) is 0.0500. The summed E-state index contributed by atoms with van der Waals surface area (Å²) in [4.78, 5) is 42.5. The van der Waals surface area contributed by atoms with Crippen LogP contribution in [-0.2, 0) is 4.84 Å². The monoisotopic (exact) mass is 347 g/mol. The highest BCUT2D eigenvalue weighted by Crippen LogP contribution is 2.30. The number of ether oxygens (including phenoxy) is 1. The number of carbonyl (C=O) groups excluding carboxylic acids is 3. The number of hydrogen-bond acceptors (Lipinski definition) is 5. The summed E-state index contributed by atoms with van der Waals surface area (Å²) in [5, 5.41) is 1.84. The number of benzene rings is 3. The summed E-state index contributed by atoms with van der Waals surface area (Å²) in [6, 6.07) is 16.7. The Morgan fingerprint density at radius 1 is 0.808 bits per heavy atom. The van der Waals surface area contributed by atoms with Gasteiger partial charge in [-0.3, -0.25) is 9.59 Å². The lowest BCUT2D eigenvalue weighted by molar-refractivity contribution is -0.0583. The topological polar surface area (TPSA) is 72.9 Å². The lowest BCUT2D eigenvalue weighted by Gasteiger charge is -2.14. The second-order valence-electron chi connectivity index (χ2n) is 5.69. The van der Waals surface area contributed by atoms with Crippen LogP contribution in [0.3, 0.4) is 0 Å². The van der Waals surface area contributed by atoms with Crippen LogP contribution in [0.4, 0.5) is 0 Å². The fourth-order valence-corrected chi connectivity index (χ4v) is 3.01. The van der Waals surface area contributed by atoms with E-state index in [0.717, 1.165) is 5.39 Å². The first-order valence-corrected chi connectivity index (χ1v) is 7.87. The van der Waals surface area contributed by atoms with E-state index >= 15 is 0 Å². The highest BCUT2D eigenvalue weighted by molar-refractivity contribution is 6.21. The van der Waals surface area contributed by atoms with Crippen LogP contribution in [0.1, 0.15) is 31.1 Å². The first-order chi connectivity index (χ1) is 12.6. The standard InChI is InChI=1S/C20H13NO5/c1-25-17-11-10-16(12-6-2-3-7-13(12)17)20(24)26-21-18(22)14-8-4-5-9-15(14)19(21)23/h2-11H,1H3. The molecular weight excluding hydrogens is 334 g/mol. The molecule has 0 saturated carbocycles. The third-order valence-corrected chi connectivity index (χ3v) is 4.25. The Kier molecular flexibility index (Phi) is 3.65. The van der Waals surface area contributed by atoms with Gasteiger partial charge in [-0.15, -0.1) is 0 Å². The summed E-state index contributed by atoms with van der Waals surface area (Å²) in [7, 11) is 1.54. The average Bonchev–Trinajstić information content (AvgIpc) is 2.92. The van der Waals surface area contributed by atoms with E-state index in [-0.39, 0.29) is 16.7 Å². The number of amides is 2.